The van der Waals surface area contributed by atoms with Gasteiger partial charge in [-0.15, -0.1) is 0 Å². The molecule has 3 heteroatoms. The molecule has 2 nitrogen and oxygen atoms in total. The van der Waals surface area contributed by atoms with Gasteiger partial charge in [-0.25, -0.2) is 0 Å². The third-order valence-electron chi connectivity index (χ3n) is 2.67. The highest BCUT2D eigenvalue weighted by Crippen LogP contribution is 2.33. The maximum absolute atomic E-state index is 5.56. The molecule has 1 aliphatic heterocycles. The average Bonchev–Trinajstić information content (AvgIpc) is 3.03. The fraction of sp³-hybridized carbons (Fsp3) is 0.231. The molecule has 0 atom stereocenters. The van der Waals surface area contributed by atoms with Gasteiger partial charge in [0.1, 0.15) is 0 Å². The van der Waals surface area contributed by atoms with E-state index in [1.54, 1.807) is 11.3 Å². The highest BCUT2D eigenvalue weighted by atomic mass is 32.1. The zero-order valence-corrected chi connectivity index (χ0v) is 9.57. The predicted molar refractivity (Wildman–Crippen MR) is 64.4 cm³/mol. The van der Waals surface area contributed by atoms with Crippen molar-refractivity contribution in [3.63, 3.8) is 0 Å². The number of hydrogen-bond acceptors (Lipinski definition) is 3. The van der Waals surface area contributed by atoms with Gasteiger partial charge in [0.25, 0.3) is 0 Å². The van der Waals surface area contributed by atoms with E-state index < -0.39 is 0 Å². The van der Waals surface area contributed by atoms with Gasteiger partial charge in [0.2, 0.25) is 0 Å². The molecule has 3 rings (SSSR count). The summed E-state index contributed by atoms with van der Waals surface area (Å²) in [5.41, 5.74) is 3.56. The summed E-state index contributed by atoms with van der Waals surface area (Å²) < 4.78 is 11.1. The van der Waals surface area contributed by atoms with Crippen LogP contribution < -0.4 is 0 Å². The molecule has 0 spiro atoms. The Morgan fingerprint density at radius 3 is 2.62 bits per heavy atom. The first-order valence-electron chi connectivity index (χ1n) is 5.30. The van der Waals surface area contributed by atoms with Gasteiger partial charge in [-0.1, -0.05) is 24.3 Å². The van der Waals surface area contributed by atoms with E-state index in [0.29, 0.717) is 13.2 Å². The molecule has 0 unspecified atom stereocenters. The Labute approximate surface area is 98.4 Å². The fourth-order valence-electron chi connectivity index (χ4n) is 1.92. The number of rotatable bonds is 2. The standard InChI is InChI=1S/C13H12O2S/c1-2-4-12(13-14-6-7-15-13)11(3-1)10-5-8-16-9-10/h1-5,8-9,13H,6-7H2. The second kappa shape index (κ2) is 4.37. The van der Waals surface area contributed by atoms with Crippen LogP contribution in [0.3, 0.4) is 0 Å². The Kier molecular flexibility index (Phi) is 2.74. The number of benzene rings is 1. The molecule has 1 aromatic heterocycles. The van der Waals surface area contributed by atoms with Crippen LogP contribution in [0.2, 0.25) is 0 Å². The van der Waals surface area contributed by atoms with E-state index in [0.717, 1.165) is 5.56 Å². The van der Waals surface area contributed by atoms with Crippen LogP contribution >= 0.6 is 11.3 Å². The zero-order valence-electron chi connectivity index (χ0n) is 8.76. The molecule has 0 aliphatic carbocycles. The molecule has 2 heterocycles. The summed E-state index contributed by atoms with van der Waals surface area (Å²) in [5.74, 6) is 0. The first kappa shape index (κ1) is 10.0. The first-order valence-corrected chi connectivity index (χ1v) is 6.24. The minimum absolute atomic E-state index is 0.198. The molecule has 1 aromatic carbocycles. The quantitative estimate of drug-likeness (QED) is 0.789. The van der Waals surface area contributed by atoms with Gasteiger partial charge in [0.05, 0.1) is 13.2 Å². The van der Waals surface area contributed by atoms with Gasteiger partial charge in [0, 0.05) is 5.56 Å². The van der Waals surface area contributed by atoms with Crippen LogP contribution in [0.1, 0.15) is 11.9 Å². The molecular formula is C13H12O2S. The normalized spacial score (nSPS) is 16.8. The van der Waals surface area contributed by atoms with E-state index in [2.05, 4.69) is 29.0 Å². The summed E-state index contributed by atoms with van der Waals surface area (Å²) in [5, 5.41) is 4.23. The van der Waals surface area contributed by atoms with Crippen molar-refractivity contribution < 1.29 is 9.47 Å². The molecule has 1 aliphatic rings. The number of ether oxygens (including phenoxy) is 2. The summed E-state index contributed by atoms with van der Waals surface area (Å²) in [6.07, 6.45) is -0.198. The minimum Gasteiger partial charge on any atom is -0.346 e. The van der Waals surface area contributed by atoms with E-state index >= 15 is 0 Å². The van der Waals surface area contributed by atoms with Crippen molar-refractivity contribution in [2.45, 2.75) is 6.29 Å². The molecule has 0 N–H and O–H groups in total. The largest absolute Gasteiger partial charge is 0.346 e. The zero-order chi connectivity index (χ0) is 10.8. The van der Waals surface area contributed by atoms with Crippen LogP contribution in [-0.4, -0.2) is 13.2 Å². The molecule has 1 fully saturated rings. The molecular weight excluding hydrogens is 220 g/mol. The van der Waals surface area contributed by atoms with Crippen molar-refractivity contribution in [2.75, 3.05) is 13.2 Å². The van der Waals surface area contributed by atoms with Crippen LogP contribution in [0.15, 0.2) is 41.1 Å². The van der Waals surface area contributed by atoms with Crippen molar-refractivity contribution in [2.24, 2.45) is 0 Å². The third kappa shape index (κ3) is 1.78. The Balaban J connectivity index is 2.04. The lowest BCUT2D eigenvalue weighted by atomic mass is 10.0. The van der Waals surface area contributed by atoms with Gasteiger partial charge in [0.15, 0.2) is 6.29 Å². The van der Waals surface area contributed by atoms with Gasteiger partial charge in [-0.05, 0) is 28.0 Å². The predicted octanol–water partition coefficient (Wildman–Crippen LogP) is 3.46. The molecule has 0 saturated carbocycles. The van der Waals surface area contributed by atoms with Crippen LogP contribution in [-0.2, 0) is 9.47 Å². The summed E-state index contributed by atoms with van der Waals surface area (Å²) in [6, 6.07) is 10.4. The smallest absolute Gasteiger partial charge is 0.184 e. The molecule has 0 amide bonds. The number of thiophene rings is 1. The van der Waals surface area contributed by atoms with E-state index in [9.17, 15) is 0 Å². The Bertz CT molecular complexity index is 459. The van der Waals surface area contributed by atoms with E-state index in [-0.39, 0.29) is 6.29 Å². The van der Waals surface area contributed by atoms with Crippen molar-refractivity contribution in [1.82, 2.24) is 0 Å². The van der Waals surface area contributed by atoms with Gasteiger partial charge < -0.3 is 9.47 Å². The van der Waals surface area contributed by atoms with Crippen molar-refractivity contribution >= 4 is 11.3 Å². The molecule has 0 bridgehead atoms. The molecule has 82 valence electrons. The van der Waals surface area contributed by atoms with Gasteiger partial charge in [-0.2, -0.15) is 11.3 Å². The highest BCUT2D eigenvalue weighted by molar-refractivity contribution is 7.08. The molecule has 0 radical (unpaired) electrons. The lowest BCUT2D eigenvalue weighted by Crippen LogP contribution is -1.99. The Hall–Kier alpha value is -1.16. The van der Waals surface area contributed by atoms with Crippen molar-refractivity contribution in [1.29, 1.82) is 0 Å². The fourth-order valence-corrected chi connectivity index (χ4v) is 2.58. The van der Waals surface area contributed by atoms with Gasteiger partial charge in [-0.3, -0.25) is 0 Å². The third-order valence-corrected chi connectivity index (χ3v) is 3.35. The first-order chi connectivity index (χ1) is 7.95. The SMILES string of the molecule is c1ccc(C2OCCO2)c(-c2ccsc2)c1. The van der Waals surface area contributed by atoms with Crippen molar-refractivity contribution in [3.8, 4) is 11.1 Å². The molecule has 2 aromatic rings. The van der Waals surface area contributed by atoms with E-state index in [1.165, 1.54) is 11.1 Å². The second-order valence-electron chi connectivity index (χ2n) is 3.67. The van der Waals surface area contributed by atoms with Crippen LogP contribution in [0, 0.1) is 0 Å². The second-order valence-corrected chi connectivity index (χ2v) is 4.45. The lowest BCUT2D eigenvalue weighted by molar-refractivity contribution is -0.0436. The monoisotopic (exact) mass is 232 g/mol. The maximum atomic E-state index is 5.56. The summed E-state index contributed by atoms with van der Waals surface area (Å²) in [6.45, 7) is 1.37. The summed E-state index contributed by atoms with van der Waals surface area (Å²) in [7, 11) is 0. The van der Waals surface area contributed by atoms with Gasteiger partial charge >= 0.3 is 0 Å². The van der Waals surface area contributed by atoms with Crippen LogP contribution in [0.4, 0.5) is 0 Å². The maximum Gasteiger partial charge on any atom is 0.184 e. The van der Waals surface area contributed by atoms with Crippen LogP contribution in [0.5, 0.6) is 0 Å². The lowest BCUT2D eigenvalue weighted by Gasteiger charge is -2.13. The molecule has 16 heavy (non-hydrogen) atoms. The minimum atomic E-state index is -0.198. The summed E-state index contributed by atoms with van der Waals surface area (Å²) >= 11 is 1.70. The topological polar surface area (TPSA) is 18.5 Å². The van der Waals surface area contributed by atoms with E-state index in [1.807, 2.05) is 12.1 Å². The Morgan fingerprint density at radius 1 is 1.06 bits per heavy atom. The molecule has 1 saturated heterocycles. The average molecular weight is 232 g/mol. The van der Waals surface area contributed by atoms with Crippen LogP contribution in [0.25, 0.3) is 11.1 Å². The Morgan fingerprint density at radius 2 is 1.88 bits per heavy atom. The highest BCUT2D eigenvalue weighted by Gasteiger charge is 2.21. The summed E-state index contributed by atoms with van der Waals surface area (Å²) in [4.78, 5) is 0. The number of hydrogen-bond donors (Lipinski definition) is 0. The van der Waals surface area contributed by atoms with Crippen molar-refractivity contribution in [3.05, 3.63) is 46.7 Å². The van der Waals surface area contributed by atoms with E-state index in [4.69, 9.17) is 9.47 Å².